The van der Waals surface area contributed by atoms with Crippen LogP contribution >= 0.6 is 0 Å². The molecule has 0 saturated carbocycles. The number of hydrogen-bond acceptors (Lipinski definition) is 3. The van der Waals surface area contributed by atoms with Crippen LogP contribution in [0.5, 0.6) is 0 Å². The third kappa shape index (κ3) is 4.66. The van der Waals surface area contributed by atoms with E-state index in [1.54, 1.807) is 29.0 Å². The fourth-order valence-corrected chi connectivity index (χ4v) is 3.51. The Morgan fingerprint density at radius 1 is 1.23 bits per heavy atom. The van der Waals surface area contributed by atoms with E-state index in [2.05, 4.69) is 10.00 Å². The maximum Gasteiger partial charge on any atom is 0.256 e. The molecule has 2 heterocycles. The Labute approximate surface area is 152 Å². The van der Waals surface area contributed by atoms with Gasteiger partial charge in [-0.2, -0.15) is 5.10 Å². The molecule has 0 radical (unpaired) electrons. The number of amides is 1. The van der Waals surface area contributed by atoms with E-state index in [1.807, 2.05) is 7.05 Å². The van der Waals surface area contributed by atoms with Crippen LogP contribution < -0.4 is 0 Å². The molecule has 1 aliphatic heterocycles. The first-order chi connectivity index (χ1) is 12.4. The second kappa shape index (κ2) is 7.95. The Morgan fingerprint density at radius 2 is 1.88 bits per heavy atom. The van der Waals surface area contributed by atoms with Crippen molar-refractivity contribution in [3.8, 4) is 0 Å². The van der Waals surface area contributed by atoms with Gasteiger partial charge in [0, 0.05) is 39.4 Å². The van der Waals surface area contributed by atoms with E-state index in [1.165, 1.54) is 12.1 Å². The minimum Gasteiger partial charge on any atom is -0.341 e. The molecule has 7 heteroatoms. The first-order valence-electron chi connectivity index (χ1n) is 8.82. The van der Waals surface area contributed by atoms with Crippen LogP contribution in [0.2, 0.25) is 0 Å². The number of likely N-dealkylation sites (tertiary alicyclic amines) is 1. The molecular formula is C19H24F2N4O. The van der Waals surface area contributed by atoms with Crippen molar-refractivity contribution in [1.29, 1.82) is 0 Å². The van der Waals surface area contributed by atoms with Gasteiger partial charge in [0.1, 0.15) is 11.6 Å². The number of piperidine rings is 1. The summed E-state index contributed by atoms with van der Waals surface area (Å²) in [4.78, 5) is 16.3. The maximum atomic E-state index is 13.3. The molecule has 0 N–H and O–H groups in total. The summed E-state index contributed by atoms with van der Waals surface area (Å²) in [6.07, 6.45) is 5.23. The Hall–Kier alpha value is -2.28. The zero-order valence-corrected chi connectivity index (χ0v) is 15.2. The molecule has 0 atom stereocenters. The van der Waals surface area contributed by atoms with Crippen LogP contribution in [0.1, 0.15) is 28.8 Å². The first kappa shape index (κ1) is 18.5. The highest BCUT2D eigenvalue weighted by Crippen LogP contribution is 2.21. The van der Waals surface area contributed by atoms with Crippen molar-refractivity contribution in [3.63, 3.8) is 0 Å². The summed E-state index contributed by atoms with van der Waals surface area (Å²) in [5, 5.41) is 4.04. The fraction of sp³-hybridized carbons (Fsp3) is 0.474. The van der Waals surface area contributed by atoms with Gasteiger partial charge in [-0.3, -0.25) is 14.4 Å². The lowest BCUT2D eigenvalue weighted by molar-refractivity contribution is 0.0737. The molecule has 1 amide bonds. The zero-order chi connectivity index (χ0) is 18.7. The predicted molar refractivity (Wildman–Crippen MR) is 94.5 cm³/mol. The molecule has 1 aliphatic rings. The van der Waals surface area contributed by atoms with Gasteiger partial charge in [-0.25, -0.2) is 8.78 Å². The highest BCUT2D eigenvalue weighted by molar-refractivity contribution is 5.93. The lowest BCUT2D eigenvalue weighted by Gasteiger charge is -2.33. The van der Waals surface area contributed by atoms with E-state index in [9.17, 15) is 13.6 Å². The number of hydrogen-bond donors (Lipinski definition) is 0. The van der Waals surface area contributed by atoms with Crippen molar-refractivity contribution in [2.24, 2.45) is 13.0 Å². The van der Waals surface area contributed by atoms with Gasteiger partial charge in [0.2, 0.25) is 0 Å². The van der Waals surface area contributed by atoms with Gasteiger partial charge in [-0.05, 0) is 49.5 Å². The highest BCUT2D eigenvalue weighted by atomic mass is 19.1. The molecule has 0 aliphatic carbocycles. The molecule has 140 valence electrons. The second-order valence-electron chi connectivity index (χ2n) is 7.09. The largest absolute Gasteiger partial charge is 0.341 e. The topological polar surface area (TPSA) is 41.4 Å². The van der Waals surface area contributed by atoms with Gasteiger partial charge in [-0.15, -0.1) is 0 Å². The van der Waals surface area contributed by atoms with Crippen molar-refractivity contribution in [2.45, 2.75) is 19.4 Å². The average molecular weight is 362 g/mol. The van der Waals surface area contributed by atoms with E-state index in [0.29, 0.717) is 30.1 Å². The van der Waals surface area contributed by atoms with Gasteiger partial charge < -0.3 is 4.90 Å². The number of rotatable bonds is 5. The van der Waals surface area contributed by atoms with E-state index in [-0.39, 0.29) is 5.91 Å². The number of halogens is 2. The molecule has 0 spiro atoms. The van der Waals surface area contributed by atoms with Crippen LogP contribution in [-0.2, 0) is 13.6 Å². The quantitative estimate of drug-likeness (QED) is 0.821. The number of carbonyl (C=O) groups excluding carboxylic acids is 1. The Morgan fingerprint density at radius 3 is 2.46 bits per heavy atom. The molecule has 26 heavy (non-hydrogen) atoms. The van der Waals surface area contributed by atoms with Crippen LogP contribution in [0.3, 0.4) is 0 Å². The van der Waals surface area contributed by atoms with E-state index < -0.39 is 11.6 Å². The summed E-state index contributed by atoms with van der Waals surface area (Å²) in [6.45, 7) is 2.97. The molecule has 1 aromatic carbocycles. The Kier molecular flexibility index (Phi) is 5.66. The summed E-state index contributed by atoms with van der Waals surface area (Å²) < 4.78 is 28.2. The summed E-state index contributed by atoms with van der Waals surface area (Å²) in [7, 11) is 3.61. The Balaban J connectivity index is 1.48. The van der Waals surface area contributed by atoms with Crippen molar-refractivity contribution < 1.29 is 13.6 Å². The lowest BCUT2D eigenvalue weighted by Crippen LogP contribution is -2.39. The van der Waals surface area contributed by atoms with Crippen LogP contribution in [0.4, 0.5) is 8.78 Å². The van der Waals surface area contributed by atoms with E-state index >= 15 is 0 Å². The Bertz CT molecular complexity index is 748. The smallest absolute Gasteiger partial charge is 0.256 e. The molecular weight excluding hydrogens is 338 g/mol. The third-order valence-electron chi connectivity index (χ3n) is 4.87. The van der Waals surface area contributed by atoms with E-state index in [4.69, 9.17) is 0 Å². The minimum absolute atomic E-state index is 0.0178. The number of aryl methyl sites for hydroxylation is 1. The molecule has 0 bridgehead atoms. The number of nitrogens with zero attached hydrogens (tertiary/aromatic N) is 4. The first-order valence-corrected chi connectivity index (χ1v) is 8.82. The normalized spacial score (nSPS) is 16.0. The van der Waals surface area contributed by atoms with Crippen molar-refractivity contribution >= 4 is 5.91 Å². The number of benzene rings is 1. The third-order valence-corrected chi connectivity index (χ3v) is 4.87. The van der Waals surface area contributed by atoms with Crippen molar-refractivity contribution in [1.82, 2.24) is 19.6 Å². The van der Waals surface area contributed by atoms with Gasteiger partial charge in [0.05, 0.1) is 11.8 Å². The monoisotopic (exact) mass is 362 g/mol. The summed E-state index contributed by atoms with van der Waals surface area (Å²) in [5.41, 5.74) is 1.25. The summed E-state index contributed by atoms with van der Waals surface area (Å²) in [5.74, 6) is -0.660. The molecule has 1 aromatic heterocycles. The second-order valence-corrected chi connectivity index (χ2v) is 7.09. The summed E-state index contributed by atoms with van der Waals surface area (Å²) in [6, 6.07) is 3.66. The maximum absolute atomic E-state index is 13.3. The fourth-order valence-electron chi connectivity index (χ4n) is 3.51. The van der Waals surface area contributed by atoms with Crippen LogP contribution in [0.15, 0.2) is 30.6 Å². The van der Waals surface area contributed by atoms with Crippen molar-refractivity contribution in [3.05, 3.63) is 53.4 Å². The molecule has 2 aromatic rings. The van der Waals surface area contributed by atoms with E-state index in [0.717, 1.165) is 32.0 Å². The predicted octanol–water partition coefficient (Wildman–Crippen LogP) is 2.68. The standard InChI is InChI=1S/C19H24F2N4O/c1-23(19(26)16-10-22-24(2)13-16)11-14-3-5-25(6-4-14)12-15-7-17(20)9-18(21)8-15/h7-10,13-14H,3-6,11-12H2,1-2H3. The SMILES string of the molecule is CN(CC1CCN(Cc2cc(F)cc(F)c2)CC1)C(=O)c1cnn(C)c1. The minimum atomic E-state index is -0.537. The van der Waals surface area contributed by atoms with Crippen molar-refractivity contribution in [2.75, 3.05) is 26.7 Å². The molecule has 1 saturated heterocycles. The number of carbonyl (C=O) groups is 1. The van der Waals surface area contributed by atoms with Crippen LogP contribution in [-0.4, -0.2) is 52.2 Å². The van der Waals surface area contributed by atoms with Gasteiger partial charge >= 0.3 is 0 Å². The molecule has 0 unspecified atom stereocenters. The summed E-state index contributed by atoms with van der Waals surface area (Å²) >= 11 is 0. The van der Waals surface area contributed by atoms with Gasteiger partial charge in [-0.1, -0.05) is 0 Å². The zero-order valence-electron chi connectivity index (χ0n) is 15.2. The highest BCUT2D eigenvalue weighted by Gasteiger charge is 2.23. The van der Waals surface area contributed by atoms with Crippen LogP contribution in [0, 0.1) is 17.6 Å². The van der Waals surface area contributed by atoms with Gasteiger partial charge in [0.15, 0.2) is 0 Å². The number of aromatic nitrogens is 2. The molecule has 5 nitrogen and oxygen atoms in total. The van der Waals surface area contributed by atoms with Gasteiger partial charge in [0.25, 0.3) is 5.91 Å². The molecule has 1 fully saturated rings. The molecule has 3 rings (SSSR count). The average Bonchev–Trinajstić information content (AvgIpc) is 3.01. The lowest BCUT2D eigenvalue weighted by atomic mass is 9.95. The van der Waals surface area contributed by atoms with Crippen LogP contribution in [0.25, 0.3) is 0 Å².